The van der Waals surface area contributed by atoms with Crippen LogP contribution in [0.3, 0.4) is 0 Å². The van der Waals surface area contributed by atoms with Gasteiger partial charge in [0, 0.05) is 13.1 Å². The third-order valence-electron chi connectivity index (χ3n) is 3.04. The van der Waals surface area contributed by atoms with E-state index >= 15 is 0 Å². The van der Waals surface area contributed by atoms with Gasteiger partial charge in [0.05, 0.1) is 13.2 Å². The van der Waals surface area contributed by atoms with Gasteiger partial charge >= 0.3 is 0 Å². The number of nitrogens with zero attached hydrogens (tertiary/aromatic N) is 1. The number of rotatable bonds is 3. The standard InChI is InChI=1S/C13H15BrFNO3/c14-13(15,11(17)10-4-2-1-3-5-10)12(18)16-6-8-19-9-7-16/h1-5,11,17H,6-9H2/t11-,13-/m0/s1. The fourth-order valence-corrected chi connectivity index (χ4v) is 2.45. The zero-order valence-electron chi connectivity index (χ0n) is 10.3. The molecule has 0 aliphatic carbocycles. The molecule has 0 saturated carbocycles. The largest absolute Gasteiger partial charge is 0.384 e. The lowest BCUT2D eigenvalue weighted by atomic mass is 10.0. The topological polar surface area (TPSA) is 49.8 Å². The summed E-state index contributed by atoms with van der Waals surface area (Å²) >= 11 is 2.74. The first-order valence-electron chi connectivity index (χ1n) is 6.01. The third-order valence-corrected chi connectivity index (χ3v) is 3.82. The van der Waals surface area contributed by atoms with Crippen molar-refractivity contribution in [3.05, 3.63) is 35.9 Å². The summed E-state index contributed by atoms with van der Waals surface area (Å²) < 4.78 is 17.2. The van der Waals surface area contributed by atoms with Crippen molar-refractivity contribution < 1.29 is 19.0 Å². The van der Waals surface area contributed by atoms with Crippen LogP contribution in [0, 0.1) is 0 Å². The second-order valence-electron chi connectivity index (χ2n) is 4.34. The number of alkyl halides is 2. The smallest absolute Gasteiger partial charge is 0.274 e. The van der Waals surface area contributed by atoms with E-state index in [1.54, 1.807) is 30.3 Å². The Hall–Kier alpha value is -0.980. The Bertz CT molecular complexity index is 435. The highest BCUT2D eigenvalue weighted by Gasteiger charge is 2.46. The van der Waals surface area contributed by atoms with Crippen LogP contribution in [-0.2, 0) is 9.53 Å². The molecule has 1 aromatic rings. The fourth-order valence-electron chi connectivity index (χ4n) is 1.94. The molecular formula is C13H15BrFNO3. The van der Waals surface area contributed by atoms with E-state index in [-0.39, 0.29) is 0 Å². The molecule has 0 unspecified atom stereocenters. The van der Waals surface area contributed by atoms with Gasteiger partial charge in [0.1, 0.15) is 6.10 Å². The second-order valence-corrected chi connectivity index (χ2v) is 5.49. The summed E-state index contributed by atoms with van der Waals surface area (Å²) in [7, 11) is 0. The molecule has 2 rings (SSSR count). The van der Waals surface area contributed by atoms with Crippen LogP contribution in [0.1, 0.15) is 11.7 Å². The second kappa shape index (κ2) is 5.98. The van der Waals surface area contributed by atoms with E-state index in [1.807, 2.05) is 0 Å². The SMILES string of the molecule is O=C(N1CCOCC1)[C@](F)(Br)[C@@H](O)c1ccccc1. The van der Waals surface area contributed by atoms with Gasteiger partial charge < -0.3 is 14.7 Å². The van der Waals surface area contributed by atoms with Crippen molar-refractivity contribution in [3.8, 4) is 0 Å². The molecule has 1 N–H and O–H groups in total. The number of aliphatic hydroxyl groups excluding tert-OH is 1. The van der Waals surface area contributed by atoms with Gasteiger partial charge in [-0.3, -0.25) is 4.79 Å². The van der Waals surface area contributed by atoms with Crippen molar-refractivity contribution in [1.82, 2.24) is 4.90 Å². The summed E-state index contributed by atoms with van der Waals surface area (Å²) in [6.45, 7) is 1.43. The van der Waals surface area contributed by atoms with E-state index in [1.165, 1.54) is 4.90 Å². The fraction of sp³-hybridized carbons (Fsp3) is 0.462. The highest BCUT2D eigenvalue weighted by molar-refractivity contribution is 9.10. The van der Waals surface area contributed by atoms with Gasteiger partial charge in [-0.15, -0.1) is 0 Å². The highest BCUT2D eigenvalue weighted by atomic mass is 79.9. The number of ether oxygens (including phenoxy) is 1. The van der Waals surface area contributed by atoms with E-state index in [0.717, 1.165) is 0 Å². The van der Waals surface area contributed by atoms with Crippen LogP contribution in [0.15, 0.2) is 30.3 Å². The molecule has 2 atom stereocenters. The van der Waals surface area contributed by atoms with Crippen LogP contribution in [0.4, 0.5) is 4.39 Å². The lowest BCUT2D eigenvalue weighted by Gasteiger charge is -2.33. The average Bonchev–Trinajstić information content (AvgIpc) is 2.47. The summed E-state index contributed by atoms with van der Waals surface area (Å²) in [5, 5.41) is 10.0. The lowest BCUT2D eigenvalue weighted by Crippen LogP contribution is -2.50. The number of amides is 1. The molecule has 0 aromatic heterocycles. The summed E-state index contributed by atoms with van der Waals surface area (Å²) in [6.07, 6.45) is -1.55. The van der Waals surface area contributed by atoms with Crippen LogP contribution in [0.5, 0.6) is 0 Å². The van der Waals surface area contributed by atoms with E-state index in [9.17, 15) is 14.3 Å². The molecule has 0 radical (unpaired) electrons. The quantitative estimate of drug-likeness (QED) is 0.856. The first-order chi connectivity index (χ1) is 9.03. The predicted molar refractivity (Wildman–Crippen MR) is 71.6 cm³/mol. The number of hydrogen-bond acceptors (Lipinski definition) is 3. The average molecular weight is 332 g/mol. The van der Waals surface area contributed by atoms with Crippen LogP contribution in [-0.4, -0.2) is 46.8 Å². The Kier molecular flexibility index (Phi) is 4.54. The molecule has 1 saturated heterocycles. The van der Waals surface area contributed by atoms with Crippen molar-refractivity contribution >= 4 is 21.8 Å². The van der Waals surface area contributed by atoms with E-state index in [2.05, 4.69) is 15.9 Å². The monoisotopic (exact) mass is 331 g/mol. The Balaban J connectivity index is 2.14. The molecule has 19 heavy (non-hydrogen) atoms. The number of benzene rings is 1. The lowest BCUT2D eigenvalue weighted by molar-refractivity contribution is -0.147. The van der Waals surface area contributed by atoms with Crippen LogP contribution < -0.4 is 0 Å². The van der Waals surface area contributed by atoms with Gasteiger partial charge in [0.15, 0.2) is 0 Å². The Labute approximate surface area is 119 Å². The molecule has 0 spiro atoms. The molecule has 1 amide bonds. The highest BCUT2D eigenvalue weighted by Crippen LogP contribution is 2.37. The van der Waals surface area contributed by atoms with Gasteiger partial charge in [-0.1, -0.05) is 30.3 Å². The third kappa shape index (κ3) is 3.13. The summed E-state index contributed by atoms with van der Waals surface area (Å²) in [6, 6.07) is 8.27. The minimum Gasteiger partial charge on any atom is -0.384 e. The van der Waals surface area contributed by atoms with Gasteiger partial charge in [-0.2, -0.15) is 0 Å². The predicted octanol–water partition coefficient (Wildman–Crippen LogP) is 1.64. The first-order valence-corrected chi connectivity index (χ1v) is 6.80. The van der Waals surface area contributed by atoms with Crippen LogP contribution in [0.2, 0.25) is 0 Å². The van der Waals surface area contributed by atoms with Crippen molar-refractivity contribution in [2.45, 2.75) is 10.7 Å². The van der Waals surface area contributed by atoms with Crippen molar-refractivity contribution in [3.63, 3.8) is 0 Å². The van der Waals surface area contributed by atoms with E-state index in [0.29, 0.717) is 31.9 Å². The Morgan fingerprint density at radius 2 is 1.95 bits per heavy atom. The normalized spacial score (nSPS) is 20.7. The molecule has 104 valence electrons. The van der Waals surface area contributed by atoms with E-state index in [4.69, 9.17) is 4.74 Å². The van der Waals surface area contributed by atoms with E-state index < -0.39 is 16.6 Å². The van der Waals surface area contributed by atoms with Crippen LogP contribution in [0.25, 0.3) is 0 Å². The molecule has 1 fully saturated rings. The molecule has 1 aliphatic heterocycles. The summed E-state index contributed by atoms with van der Waals surface area (Å²) in [5.41, 5.74) is 0.350. The number of carbonyl (C=O) groups is 1. The Morgan fingerprint density at radius 1 is 1.37 bits per heavy atom. The summed E-state index contributed by atoms with van der Waals surface area (Å²) in [4.78, 5) is 13.5. The minimum atomic E-state index is -2.52. The van der Waals surface area contributed by atoms with Gasteiger partial charge in [-0.25, -0.2) is 4.39 Å². The molecule has 6 heteroatoms. The minimum absolute atomic E-state index is 0.331. The van der Waals surface area contributed by atoms with Crippen molar-refractivity contribution in [2.75, 3.05) is 26.3 Å². The molecule has 1 heterocycles. The first kappa shape index (κ1) is 14.4. The molecular weight excluding hydrogens is 317 g/mol. The van der Waals surface area contributed by atoms with Gasteiger partial charge in [0.25, 0.3) is 10.5 Å². The number of hydrogen-bond donors (Lipinski definition) is 1. The summed E-state index contributed by atoms with van der Waals surface area (Å²) in [5.74, 6) is -0.771. The number of halogens is 2. The molecule has 4 nitrogen and oxygen atoms in total. The maximum absolute atomic E-state index is 14.6. The maximum atomic E-state index is 14.6. The van der Waals surface area contributed by atoms with Gasteiger partial charge in [-0.05, 0) is 21.5 Å². The zero-order chi connectivity index (χ0) is 13.9. The maximum Gasteiger partial charge on any atom is 0.274 e. The zero-order valence-corrected chi connectivity index (χ0v) is 11.8. The van der Waals surface area contributed by atoms with Gasteiger partial charge in [0.2, 0.25) is 0 Å². The van der Waals surface area contributed by atoms with Crippen molar-refractivity contribution in [1.29, 1.82) is 0 Å². The molecule has 0 bridgehead atoms. The van der Waals surface area contributed by atoms with Crippen LogP contribution >= 0.6 is 15.9 Å². The van der Waals surface area contributed by atoms with Crippen molar-refractivity contribution in [2.24, 2.45) is 0 Å². The number of morpholine rings is 1. The number of carbonyl (C=O) groups excluding carboxylic acids is 1. The molecule has 1 aliphatic rings. The molecule has 1 aromatic carbocycles. The number of aliphatic hydroxyl groups is 1. The Morgan fingerprint density at radius 3 is 2.53 bits per heavy atom.